The second-order valence-electron chi connectivity index (χ2n) is 7.61. The third-order valence-corrected chi connectivity index (χ3v) is 5.38. The lowest BCUT2D eigenvalue weighted by atomic mass is 10.2. The van der Waals surface area contributed by atoms with Crippen molar-refractivity contribution in [2.24, 2.45) is 0 Å². The van der Waals surface area contributed by atoms with Crippen LogP contribution < -0.4 is 16.8 Å². The van der Waals surface area contributed by atoms with Gasteiger partial charge in [0.2, 0.25) is 0 Å². The Morgan fingerprint density at radius 3 is 2.29 bits per heavy atom. The molecule has 0 amide bonds. The predicted molar refractivity (Wildman–Crippen MR) is 127 cm³/mol. The van der Waals surface area contributed by atoms with Gasteiger partial charge >= 0.3 is 0 Å². The first kappa shape index (κ1) is 21.3. The topological polar surface area (TPSA) is 121 Å². The number of hydrogen-bond donors (Lipinski definition) is 3. The van der Waals surface area contributed by atoms with Crippen molar-refractivity contribution in [2.75, 3.05) is 16.8 Å². The molecule has 0 saturated heterocycles. The summed E-state index contributed by atoms with van der Waals surface area (Å²) in [4.78, 5) is 13.2. The first-order valence-corrected chi connectivity index (χ1v) is 10.5. The predicted octanol–water partition coefficient (Wildman–Crippen LogP) is 3.99. The standard InChI is InChI=1S/C24H20F2N8/c25-17-9-3-1-6-14(17)12-30-22-19(27)21(28)31-23(32-22)20-16-8-5-11-29-24(16)34(33-20)13-15-7-2-4-10-18(15)26/h1-11H,12-13,27H2,(H3,28,30,31,32). The average Bonchev–Trinajstić information content (AvgIpc) is 3.21. The van der Waals surface area contributed by atoms with Crippen LogP contribution in [-0.2, 0) is 13.1 Å². The summed E-state index contributed by atoms with van der Waals surface area (Å²) < 4.78 is 29.9. The van der Waals surface area contributed by atoms with E-state index < -0.39 is 0 Å². The SMILES string of the molecule is Nc1nc(-c2nn(Cc3ccccc3F)c3ncccc23)nc(NCc2ccccc2F)c1N. The highest BCUT2D eigenvalue weighted by Gasteiger charge is 2.19. The van der Waals surface area contributed by atoms with Crippen molar-refractivity contribution in [1.82, 2.24) is 24.7 Å². The molecule has 5 aromatic rings. The number of anilines is 3. The summed E-state index contributed by atoms with van der Waals surface area (Å²) in [5, 5.41) is 8.32. The van der Waals surface area contributed by atoms with E-state index >= 15 is 0 Å². The lowest BCUT2D eigenvalue weighted by Gasteiger charge is -2.11. The molecule has 170 valence electrons. The molecule has 5 N–H and O–H groups in total. The maximum absolute atomic E-state index is 14.3. The fraction of sp³-hybridized carbons (Fsp3) is 0.0833. The van der Waals surface area contributed by atoms with E-state index in [4.69, 9.17) is 11.5 Å². The minimum atomic E-state index is -0.347. The highest BCUT2D eigenvalue weighted by Crippen LogP contribution is 2.30. The van der Waals surface area contributed by atoms with E-state index in [2.05, 4.69) is 25.4 Å². The number of nitrogens with zero attached hydrogens (tertiary/aromatic N) is 5. The van der Waals surface area contributed by atoms with Gasteiger partial charge in [-0.15, -0.1) is 0 Å². The Kier molecular flexibility index (Phi) is 5.46. The van der Waals surface area contributed by atoms with Gasteiger partial charge in [-0.25, -0.2) is 28.4 Å². The van der Waals surface area contributed by atoms with Gasteiger partial charge < -0.3 is 16.8 Å². The molecule has 8 nitrogen and oxygen atoms in total. The van der Waals surface area contributed by atoms with Crippen LogP contribution in [-0.4, -0.2) is 24.7 Å². The zero-order chi connectivity index (χ0) is 23.7. The molecule has 3 aromatic heterocycles. The summed E-state index contributed by atoms with van der Waals surface area (Å²) in [7, 11) is 0. The molecule has 0 saturated carbocycles. The Balaban J connectivity index is 1.55. The van der Waals surface area contributed by atoms with Gasteiger partial charge in [-0.05, 0) is 24.3 Å². The van der Waals surface area contributed by atoms with Crippen molar-refractivity contribution >= 4 is 28.4 Å². The van der Waals surface area contributed by atoms with Crippen LogP contribution in [0, 0.1) is 11.6 Å². The number of nitrogens with two attached hydrogens (primary N) is 2. The number of pyridine rings is 1. The molecule has 0 spiro atoms. The summed E-state index contributed by atoms with van der Waals surface area (Å²) in [6.45, 7) is 0.319. The van der Waals surface area contributed by atoms with Gasteiger partial charge in [0.1, 0.15) is 23.0 Å². The van der Waals surface area contributed by atoms with Crippen molar-refractivity contribution in [3.63, 3.8) is 0 Å². The van der Waals surface area contributed by atoms with E-state index in [9.17, 15) is 8.78 Å². The van der Waals surface area contributed by atoms with E-state index in [0.29, 0.717) is 27.9 Å². The summed E-state index contributed by atoms with van der Waals surface area (Å²) in [6, 6.07) is 16.5. The number of nitrogens with one attached hydrogen (secondary N) is 1. The van der Waals surface area contributed by atoms with Crippen molar-refractivity contribution < 1.29 is 8.78 Å². The summed E-state index contributed by atoms with van der Waals surface area (Å²) in [6.07, 6.45) is 1.63. The maximum Gasteiger partial charge on any atom is 0.184 e. The molecule has 0 radical (unpaired) electrons. The van der Waals surface area contributed by atoms with E-state index in [-0.39, 0.29) is 47.9 Å². The molecule has 10 heteroatoms. The third kappa shape index (κ3) is 3.96. The number of halogens is 2. The molecule has 0 unspecified atom stereocenters. The molecule has 0 bridgehead atoms. The maximum atomic E-state index is 14.3. The number of nitrogen functional groups attached to an aromatic ring is 2. The van der Waals surface area contributed by atoms with Crippen LogP contribution in [0.4, 0.5) is 26.1 Å². The monoisotopic (exact) mass is 458 g/mol. The van der Waals surface area contributed by atoms with Gasteiger partial charge in [-0.3, -0.25) is 0 Å². The summed E-state index contributed by atoms with van der Waals surface area (Å²) in [5.74, 6) is -0.155. The Morgan fingerprint density at radius 2 is 1.56 bits per heavy atom. The minimum absolute atomic E-state index is 0.0572. The second-order valence-corrected chi connectivity index (χ2v) is 7.61. The lowest BCUT2D eigenvalue weighted by molar-refractivity contribution is 0.589. The molecule has 0 aliphatic carbocycles. The van der Waals surface area contributed by atoms with Crippen LogP contribution in [0.5, 0.6) is 0 Å². The number of rotatable bonds is 6. The number of fused-ring (bicyclic) bond motifs is 1. The zero-order valence-electron chi connectivity index (χ0n) is 17.9. The van der Waals surface area contributed by atoms with Crippen LogP contribution in [0.1, 0.15) is 11.1 Å². The zero-order valence-corrected chi connectivity index (χ0v) is 17.9. The van der Waals surface area contributed by atoms with E-state index in [1.165, 1.54) is 12.1 Å². The van der Waals surface area contributed by atoms with Gasteiger partial charge in [0.25, 0.3) is 0 Å². The quantitative estimate of drug-likeness (QED) is 0.352. The van der Waals surface area contributed by atoms with Crippen molar-refractivity contribution in [2.45, 2.75) is 13.1 Å². The average molecular weight is 458 g/mol. The molecule has 34 heavy (non-hydrogen) atoms. The van der Waals surface area contributed by atoms with Crippen LogP contribution >= 0.6 is 0 Å². The number of aromatic nitrogens is 5. The second kappa shape index (κ2) is 8.74. The van der Waals surface area contributed by atoms with E-state index in [0.717, 1.165) is 0 Å². The fourth-order valence-electron chi connectivity index (χ4n) is 3.62. The largest absolute Gasteiger partial charge is 0.393 e. The van der Waals surface area contributed by atoms with Gasteiger partial charge in [0, 0.05) is 23.9 Å². The van der Waals surface area contributed by atoms with Crippen molar-refractivity contribution in [1.29, 1.82) is 0 Å². The van der Waals surface area contributed by atoms with Crippen LogP contribution in [0.25, 0.3) is 22.6 Å². The molecule has 3 heterocycles. The van der Waals surface area contributed by atoms with Gasteiger partial charge in [0.05, 0.1) is 11.9 Å². The Bertz CT molecular complexity index is 1500. The molecule has 0 atom stereocenters. The number of benzene rings is 2. The summed E-state index contributed by atoms with van der Waals surface area (Å²) in [5.41, 5.74) is 14.2. The molecule has 2 aromatic carbocycles. The van der Waals surface area contributed by atoms with E-state index in [1.54, 1.807) is 53.3 Å². The highest BCUT2D eigenvalue weighted by molar-refractivity contribution is 5.90. The minimum Gasteiger partial charge on any atom is -0.393 e. The van der Waals surface area contributed by atoms with E-state index in [1.807, 2.05) is 6.07 Å². The fourth-order valence-corrected chi connectivity index (χ4v) is 3.62. The van der Waals surface area contributed by atoms with Gasteiger partial charge in [0.15, 0.2) is 23.1 Å². The highest BCUT2D eigenvalue weighted by atomic mass is 19.1. The van der Waals surface area contributed by atoms with Crippen molar-refractivity contribution in [3.8, 4) is 11.5 Å². The first-order valence-electron chi connectivity index (χ1n) is 10.5. The molecular weight excluding hydrogens is 438 g/mol. The Hall–Kier alpha value is -4.60. The van der Waals surface area contributed by atoms with Gasteiger partial charge in [-0.2, -0.15) is 5.10 Å². The molecule has 0 aliphatic rings. The molecular formula is C24H20F2N8. The third-order valence-electron chi connectivity index (χ3n) is 5.38. The smallest absolute Gasteiger partial charge is 0.184 e. The Morgan fingerprint density at radius 1 is 0.853 bits per heavy atom. The van der Waals surface area contributed by atoms with Crippen molar-refractivity contribution in [3.05, 3.63) is 89.6 Å². The Labute approximate surface area is 193 Å². The van der Waals surface area contributed by atoms with Gasteiger partial charge in [-0.1, -0.05) is 36.4 Å². The molecule has 0 fully saturated rings. The lowest BCUT2D eigenvalue weighted by Crippen LogP contribution is -2.10. The number of hydrogen-bond acceptors (Lipinski definition) is 7. The molecule has 5 rings (SSSR count). The van der Waals surface area contributed by atoms with Crippen LogP contribution in [0.2, 0.25) is 0 Å². The molecule has 0 aliphatic heterocycles. The first-order chi connectivity index (χ1) is 16.5. The van der Waals surface area contributed by atoms with Crippen LogP contribution in [0.3, 0.4) is 0 Å². The summed E-state index contributed by atoms with van der Waals surface area (Å²) >= 11 is 0. The normalized spacial score (nSPS) is 11.1. The van der Waals surface area contributed by atoms with Crippen LogP contribution in [0.15, 0.2) is 66.9 Å².